The van der Waals surface area contributed by atoms with Crippen molar-refractivity contribution < 1.29 is 13.0 Å². The predicted molar refractivity (Wildman–Crippen MR) is 85.9 cm³/mol. The van der Waals surface area contributed by atoms with Gasteiger partial charge in [-0.2, -0.15) is 0 Å². The van der Waals surface area contributed by atoms with Gasteiger partial charge in [0.1, 0.15) is 0 Å². The summed E-state index contributed by atoms with van der Waals surface area (Å²) in [7, 11) is -4.12. The van der Waals surface area contributed by atoms with Crippen LogP contribution in [0.4, 0.5) is 5.69 Å². The van der Waals surface area contributed by atoms with E-state index < -0.39 is 10.1 Å². The highest BCUT2D eigenvalue weighted by Crippen LogP contribution is 2.27. The van der Waals surface area contributed by atoms with Crippen molar-refractivity contribution in [3.05, 3.63) is 41.4 Å². The molecule has 0 N–H and O–H groups in total. The molecule has 21 heavy (non-hydrogen) atoms. The molecule has 114 valence electrons. The molecule has 1 saturated heterocycles. The Kier molecular flexibility index (Phi) is 5.84. The molecule has 0 amide bonds. The van der Waals surface area contributed by atoms with Crippen LogP contribution in [0.3, 0.4) is 0 Å². The third kappa shape index (κ3) is 5.91. The Labute approximate surface area is 129 Å². The Morgan fingerprint density at radius 1 is 1.33 bits per heavy atom. The molecular formula is C14H17N2O3S2-. The summed E-state index contributed by atoms with van der Waals surface area (Å²) >= 11 is 1.71. The summed E-state index contributed by atoms with van der Waals surface area (Å²) < 4.78 is 31.8. The number of thioether (sulfide) groups is 1. The van der Waals surface area contributed by atoms with Gasteiger partial charge in [0.25, 0.3) is 0 Å². The van der Waals surface area contributed by atoms with E-state index in [2.05, 4.69) is 9.89 Å². The van der Waals surface area contributed by atoms with Crippen LogP contribution in [-0.4, -0.2) is 48.7 Å². The number of nitrogens with zero attached hydrogens (tertiary/aromatic N) is 2. The number of hydrogen-bond acceptors (Lipinski definition) is 6. The standard InChI is InChI=1S/C14H18N2O3S2/c17-21(18,19)12-4-9-16-10-11-20-14(16)7-8-15-13-5-2-1-3-6-13/h1-3,5-8H,4,9-12H2,(H,17,18,19)/p-1/b14-7+,15-8?. The molecule has 1 aliphatic rings. The molecule has 0 unspecified atom stereocenters. The minimum absolute atomic E-state index is 0.306. The molecule has 5 nitrogen and oxygen atoms in total. The van der Waals surface area contributed by atoms with E-state index in [1.54, 1.807) is 18.0 Å². The van der Waals surface area contributed by atoms with E-state index in [0.29, 0.717) is 13.0 Å². The van der Waals surface area contributed by atoms with Crippen molar-refractivity contribution in [3.8, 4) is 0 Å². The minimum Gasteiger partial charge on any atom is -0.748 e. The van der Waals surface area contributed by atoms with E-state index in [9.17, 15) is 13.0 Å². The lowest BCUT2D eigenvalue weighted by Gasteiger charge is -2.18. The lowest BCUT2D eigenvalue weighted by molar-refractivity contribution is 0.396. The van der Waals surface area contributed by atoms with Crippen molar-refractivity contribution in [1.29, 1.82) is 0 Å². The molecule has 1 heterocycles. The molecule has 1 fully saturated rings. The highest BCUT2D eigenvalue weighted by molar-refractivity contribution is 8.03. The van der Waals surface area contributed by atoms with E-state index in [1.807, 2.05) is 36.4 Å². The summed E-state index contributed by atoms with van der Waals surface area (Å²) in [6, 6.07) is 9.65. The summed E-state index contributed by atoms with van der Waals surface area (Å²) in [6.45, 7) is 1.45. The van der Waals surface area contributed by atoms with Gasteiger partial charge in [-0.05, 0) is 24.6 Å². The lowest BCUT2D eigenvalue weighted by atomic mass is 10.3. The van der Waals surface area contributed by atoms with Crippen molar-refractivity contribution in [3.63, 3.8) is 0 Å². The number of allylic oxidation sites excluding steroid dienone is 1. The Morgan fingerprint density at radius 2 is 2.10 bits per heavy atom. The topological polar surface area (TPSA) is 72.8 Å². The maximum Gasteiger partial charge on any atom is 0.0946 e. The molecule has 0 atom stereocenters. The number of hydrogen-bond donors (Lipinski definition) is 0. The normalized spacial score (nSPS) is 18.0. The Hall–Kier alpha value is -1.31. The fourth-order valence-corrected chi connectivity index (χ4v) is 3.50. The highest BCUT2D eigenvalue weighted by Gasteiger charge is 2.16. The first-order chi connectivity index (χ1) is 10.0. The number of rotatable bonds is 6. The monoisotopic (exact) mass is 325 g/mol. The first kappa shape index (κ1) is 16.1. The van der Waals surface area contributed by atoms with Gasteiger partial charge >= 0.3 is 0 Å². The Bertz CT molecular complexity index is 612. The van der Waals surface area contributed by atoms with Crippen LogP contribution in [-0.2, 0) is 10.1 Å². The second-order valence-corrected chi connectivity index (χ2v) is 7.21. The van der Waals surface area contributed by atoms with Gasteiger partial charge in [0.2, 0.25) is 0 Å². The largest absolute Gasteiger partial charge is 0.748 e. The van der Waals surface area contributed by atoms with Crippen LogP contribution < -0.4 is 0 Å². The van der Waals surface area contributed by atoms with E-state index >= 15 is 0 Å². The summed E-state index contributed by atoms with van der Waals surface area (Å²) in [6.07, 6.45) is 4.04. The zero-order valence-corrected chi connectivity index (χ0v) is 13.1. The maximum absolute atomic E-state index is 10.6. The van der Waals surface area contributed by atoms with E-state index in [4.69, 9.17) is 0 Å². The van der Waals surface area contributed by atoms with E-state index in [1.165, 1.54) is 0 Å². The molecule has 2 rings (SSSR count). The smallest absolute Gasteiger partial charge is 0.0946 e. The van der Waals surface area contributed by atoms with Crippen molar-refractivity contribution in [2.75, 3.05) is 24.6 Å². The average Bonchev–Trinajstić information content (AvgIpc) is 2.86. The van der Waals surface area contributed by atoms with Crippen LogP contribution in [0.1, 0.15) is 6.42 Å². The molecule has 0 spiro atoms. The van der Waals surface area contributed by atoms with Crippen molar-refractivity contribution in [1.82, 2.24) is 4.90 Å². The van der Waals surface area contributed by atoms with Crippen molar-refractivity contribution in [2.45, 2.75) is 6.42 Å². The minimum atomic E-state index is -4.12. The van der Waals surface area contributed by atoms with Gasteiger partial charge in [-0.3, -0.25) is 4.99 Å². The third-order valence-corrected chi connectivity index (χ3v) is 4.81. The molecule has 0 aliphatic carbocycles. The molecule has 0 bridgehead atoms. The highest BCUT2D eigenvalue weighted by atomic mass is 32.2. The first-order valence-electron chi connectivity index (χ1n) is 6.65. The molecular weight excluding hydrogens is 308 g/mol. The van der Waals surface area contributed by atoms with E-state index in [0.717, 1.165) is 23.0 Å². The molecule has 1 aromatic carbocycles. The molecule has 7 heteroatoms. The zero-order chi connectivity index (χ0) is 15.1. The molecule has 0 radical (unpaired) electrons. The predicted octanol–water partition coefficient (Wildman–Crippen LogP) is 2.21. The van der Waals surface area contributed by atoms with Crippen LogP contribution in [0.2, 0.25) is 0 Å². The van der Waals surface area contributed by atoms with Crippen LogP contribution >= 0.6 is 11.8 Å². The summed E-state index contributed by atoms with van der Waals surface area (Å²) in [5, 5.41) is 1.07. The van der Waals surface area contributed by atoms with Crippen LogP contribution in [0, 0.1) is 0 Å². The fourth-order valence-electron chi connectivity index (χ4n) is 1.97. The Morgan fingerprint density at radius 3 is 2.81 bits per heavy atom. The van der Waals surface area contributed by atoms with Gasteiger partial charge in [0.15, 0.2) is 0 Å². The maximum atomic E-state index is 10.6. The quantitative estimate of drug-likeness (QED) is 0.592. The zero-order valence-electron chi connectivity index (χ0n) is 11.5. The third-order valence-electron chi connectivity index (χ3n) is 2.94. The van der Waals surface area contributed by atoms with Crippen LogP contribution in [0.15, 0.2) is 46.4 Å². The van der Waals surface area contributed by atoms with Gasteiger partial charge in [-0.1, -0.05) is 18.2 Å². The number of benzene rings is 1. The average molecular weight is 325 g/mol. The Balaban J connectivity index is 1.89. The lowest BCUT2D eigenvalue weighted by Crippen LogP contribution is -2.22. The number of aliphatic imine (C=N–C) groups is 1. The van der Waals surface area contributed by atoms with Crippen molar-refractivity contribution in [2.24, 2.45) is 4.99 Å². The molecule has 0 saturated carbocycles. The van der Waals surface area contributed by atoms with Crippen LogP contribution in [0.25, 0.3) is 0 Å². The van der Waals surface area contributed by atoms with E-state index in [-0.39, 0.29) is 5.75 Å². The summed E-state index contributed by atoms with van der Waals surface area (Å²) in [5.41, 5.74) is 0.890. The van der Waals surface area contributed by atoms with Gasteiger partial charge in [0, 0.05) is 30.8 Å². The second-order valence-electron chi connectivity index (χ2n) is 4.57. The second kappa shape index (κ2) is 7.63. The van der Waals surface area contributed by atoms with Gasteiger partial charge < -0.3 is 9.45 Å². The summed E-state index contributed by atoms with van der Waals surface area (Å²) in [4.78, 5) is 6.43. The SMILES string of the molecule is O=S(=O)([O-])CCCN1CCS/C1=C/C=Nc1ccccc1. The van der Waals surface area contributed by atoms with Gasteiger partial charge in [-0.25, -0.2) is 8.42 Å². The van der Waals surface area contributed by atoms with Crippen molar-refractivity contribution >= 4 is 33.8 Å². The van der Waals surface area contributed by atoms with Gasteiger partial charge in [0.05, 0.1) is 20.8 Å². The molecule has 0 aromatic heterocycles. The first-order valence-corrected chi connectivity index (χ1v) is 9.21. The summed E-state index contributed by atoms with van der Waals surface area (Å²) in [5.74, 6) is 0.661. The molecule has 1 aromatic rings. The van der Waals surface area contributed by atoms with Crippen LogP contribution in [0.5, 0.6) is 0 Å². The van der Waals surface area contributed by atoms with Gasteiger partial charge in [-0.15, -0.1) is 11.8 Å². The number of para-hydroxylation sites is 1. The fraction of sp³-hybridized carbons (Fsp3) is 0.357. The molecule has 1 aliphatic heterocycles.